The predicted octanol–water partition coefficient (Wildman–Crippen LogP) is 0.914. The molecule has 2 rings (SSSR count). The van der Waals surface area contributed by atoms with E-state index < -0.39 is 5.60 Å². The molecule has 1 aromatic rings. The average Bonchev–Trinajstić information content (AvgIpc) is 2.81. The largest absolute Gasteiger partial charge is 0.388 e. The minimum absolute atomic E-state index is 0.250. The lowest BCUT2D eigenvalue weighted by Gasteiger charge is -2.32. The number of hydrogen-bond donors (Lipinski definition) is 3. The quantitative estimate of drug-likeness (QED) is 0.758. The van der Waals surface area contributed by atoms with Crippen molar-refractivity contribution in [1.82, 2.24) is 20.4 Å². The summed E-state index contributed by atoms with van der Waals surface area (Å²) in [5, 5.41) is 19.8. The SMILES string of the molecule is Cn1nccc1CNC(=O)NCC1(O)CCCCC1. The van der Waals surface area contributed by atoms with Gasteiger partial charge in [-0.05, 0) is 18.9 Å². The van der Waals surface area contributed by atoms with Crippen molar-refractivity contribution in [1.29, 1.82) is 0 Å². The Morgan fingerprint density at radius 2 is 2.16 bits per heavy atom. The van der Waals surface area contributed by atoms with E-state index in [0.29, 0.717) is 13.1 Å². The van der Waals surface area contributed by atoms with Gasteiger partial charge in [-0.1, -0.05) is 19.3 Å². The van der Waals surface area contributed by atoms with E-state index in [1.807, 2.05) is 13.1 Å². The second kappa shape index (κ2) is 6.06. The first-order valence-corrected chi connectivity index (χ1v) is 6.80. The van der Waals surface area contributed by atoms with E-state index in [2.05, 4.69) is 15.7 Å². The van der Waals surface area contributed by atoms with Gasteiger partial charge in [-0.25, -0.2) is 4.79 Å². The minimum atomic E-state index is -0.720. The number of aryl methyl sites for hydroxylation is 1. The molecule has 2 amide bonds. The van der Waals surface area contributed by atoms with E-state index in [-0.39, 0.29) is 6.03 Å². The van der Waals surface area contributed by atoms with Gasteiger partial charge in [-0.15, -0.1) is 0 Å². The van der Waals surface area contributed by atoms with Gasteiger partial charge in [0, 0.05) is 19.8 Å². The van der Waals surface area contributed by atoms with Gasteiger partial charge >= 0.3 is 6.03 Å². The van der Waals surface area contributed by atoms with Crippen LogP contribution in [0, 0.1) is 0 Å². The molecule has 106 valence electrons. The molecule has 1 aromatic heterocycles. The second-order valence-corrected chi connectivity index (χ2v) is 5.27. The van der Waals surface area contributed by atoms with Crippen molar-refractivity contribution >= 4 is 6.03 Å². The molecule has 0 aromatic carbocycles. The number of urea groups is 1. The summed E-state index contributed by atoms with van der Waals surface area (Å²) >= 11 is 0. The Morgan fingerprint density at radius 1 is 1.42 bits per heavy atom. The van der Waals surface area contributed by atoms with Crippen LogP contribution in [0.1, 0.15) is 37.8 Å². The predicted molar refractivity (Wildman–Crippen MR) is 71.5 cm³/mol. The number of aliphatic hydroxyl groups is 1. The number of carbonyl (C=O) groups is 1. The van der Waals surface area contributed by atoms with Gasteiger partial charge in [-0.3, -0.25) is 4.68 Å². The zero-order chi connectivity index (χ0) is 13.7. The Morgan fingerprint density at radius 3 is 2.79 bits per heavy atom. The summed E-state index contributed by atoms with van der Waals surface area (Å²) < 4.78 is 1.72. The van der Waals surface area contributed by atoms with Crippen molar-refractivity contribution in [3.8, 4) is 0 Å². The van der Waals surface area contributed by atoms with Crippen molar-refractivity contribution < 1.29 is 9.90 Å². The third-order valence-electron chi connectivity index (χ3n) is 3.71. The van der Waals surface area contributed by atoms with Gasteiger partial charge in [-0.2, -0.15) is 5.10 Å². The number of rotatable bonds is 4. The van der Waals surface area contributed by atoms with Crippen LogP contribution in [0.2, 0.25) is 0 Å². The highest BCUT2D eigenvalue weighted by Crippen LogP contribution is 2.27. The van der Waals surface area contributed by atoms with Gasteiger partial charge < -0.3 is 15.7 Å². The van der Waals surface area contributed by atoms with Crippen LogP contribution in [0.4, 0.5) is 4.79 Å². The summed E-state index contributed by atoms with van der Waals surface area (Å²) in [6.07, 6.45) is 6.49. The van der Waals surface area contributed by atoms with E-state index in [4.69, 9.17) is 0 Å². The maximum absolute atomic E-state index is 11.7. The molecule has 0 unspecified atom stereocenters. The highest BCUT2D eigenvalue weighted by atomic mass is 16.3. The average molecular weight is 266 g/mol. The van der Waals surface area contributed by atoms with Gasteiger partial charge in [0.1, 0.15) is 0 Å². The molecule has 1 saturated carbocycles. The van der Waals surface area contributed by atoms with E-state index in [9.17, 15) is 9.90 Å². The summed E-state index contributed by atoms with van der Waals surface area (Å²) in [6.45, 7) is 0.755. The lowest BCUT2D eigenvalue weighted by molar-refractivity contribution is 0.00719. The van der Waals surface area contributed by atoms with Crippen LogP contribution < -0.4 is 10.6 Å². The Kier molecular flexibility index (Phi) is 4.42. The second-order valence-electron chi connectivity index (χ2n) is 5.27. The number of nitrogens with zero attached hydrogens (tertiary/aromatic N) is 2. The van der Waals surface area contributed by atoms with Crippen LogP contribution in [-0.2, 0) is 13.6 Å². The normalized spacial score (nSPS) is 18.0. The van der Waals surface area contributed by atoms with Crippen molar-refractivity contribution in [2.75, 3.05) is 6.54 Å². The van der Waals surface area contributed by atoms with Gasteiger partial charge in [0.2, 0.25) is 0 Å². The summed E-state index contributed by atoms with van der Waals surface area (Å²) in [5.74, 6) is 0. The molecule has 3 N–H and O–H groups in total. The Balaban J connectivity index is 1.71. The number of aromatic nitrogens is 2. The summed E-state index contributed by atoms with van der Waals surface area (Å²) in [7, 11) is 1.83. The summed E-state index contributed by atoms with van der Waals surface area (Å²) in [6, 6.07) is 1.61. The molecule has 1 heterocycles. The molecule has 0 aliphatic heterocycles. The highest BCUT2D eigenvalue weighted by Gasteiger charge is 2.29. The van der Waals surface area contributed by atoms with Crippen LogP contribution in [0.15, 0.2) is 12.3 Å². The van der Waals surface area contributed by atoms with Crippen molar-refractivity contribution in [2.24, 2.45) is 7.05 Å². The van der Waals surface area contributed by atoms with Crippen LogP contribution >= 0.6 is 0 Å². The van der Waals surface area contributed by atoms with Crippen molar-refractivity contribution in [3.63, 3.8) is 0 Å². The Labute approximate surface area is 113 Å². The third-order valence-corrected chi connectivity index (χ3v) is 3.71. The first-order valence-electron chi connectivity index (χ1n) is 6.80. The lowest BCUT2D eigenvalue weighted by atomic mass is 9.85. The Bertz CT molecular complexity index is 424. The summed E-state index contributed by atoms with van der Waals surface area (Å²) in [5.41, 5.74) is 0.216. The number of nitrogens with one attached hydrogen (secondary N) is 2. The number of hydrogen-bond acceptors (Lipinski definition) is 3. The third kappa shape index (κ3) is 3.96. The monoisotopic (exact) mass is 266 g/mol. The standard InChI is InChI=1S/C13H22N4O2/c1-17-11(5-8-16-17)9-14-12(18)15-10-13(19)6-3-2-4-7-13/h5,8,19H,2-4,6-7,9-10H2,1H3,(H2,14,15,18). The van der Waals surface area contributed by atoms with Gasteiger partial charge in [0.05, 0.1) is 17.8 Å². The number of amides is 2. The maximum Gasteiger partial charge on any atom is 0.315 e. The number of carbonyl (C=O) groups excluding carboxylic acids is 1. The van der Waals surface area contributed by atoms with Crippen molar-refractivity contribution in [2.45, 2.75) is 44.2 Å². The molecule has 1 aliphatic carbocycles. The van der Waals surface area contributed by atoms with Crippen LogP contribution in [0.3, 0.4) is 0 Å². The molecule has 0 radical (unpaired) electrons. The van der Waals surface area contributed by atoms with E-state index in [1.54, 1.807) is 10.9 Å². The first-order chi connectivity index (χ1) is 9.09. The van der Waals surface area contributed by atoms with E-state index in [0.717, 1.165) is 31.4 Å². The molecular weight excluding hydrogens is 244 g/mol. The van der Waals surface area contributed by atoms with Crippen LogP contribution in [0.5, 0.6) is 0 Å². The Hall–Kier alpha value is -1.56. The molecular formula is C13H22N4O2. The summed E-state index contributed by atoms with van der Waals surface area (Å²) in [4.78, 5) is 11.7. The fourth-order valence-corrected chi connectivity index (χ4v) is 2.44. The smallest absolute Gasteiger partial charge is 0.315 e. The van der Waals surface area contributed by atoms with Gasteiger partial charge in [0.15, 0.2) is 0 Å². The van der Waals surface area contributed by atoms with Crippen molar-refractivity contribution in [3.05, 3.63) is 18.0 Å². The van der Waals surface area contributed by atoms with E-state index in [1.165, 1.54) is 6.42 Å². The molecule has 6 heteroatoms. The molecule has 1 aliphatic rings. The fourth-order valence-electron chi connectivity index (χ4n) is 2.44. The van der Waals surface area contributed by atoms with Gasteiger partial charge in [0.25, 0.3) is 0 Å². The molecule has 0 saturated heterocycles. The van der Waals surface area contributed by atoms with E-state index >= 15 is 0 Å². The topological polar surface area (TPSA) is 79.2 Å². The van der Waals surface area contributed by atoms with Crippen LogP contribution in [0.25, 0.3) is 0 Å². The zero-order valence-corrected chi connectivity index (χ0v) is 11.4. The lowest BCUT2D eigenvalue weighted by Crippen LogP contribution is -2.47. The highest BCUT2D eigenvalue weighted by molar-refractivity contribution is 5.73. The maximum atomic E-state index is 11.7. The molecule has 6 nitrogen and oxygen atoms in total. The minimum Gasteiger partial charge on any atom is -0.388 e. The first kappa shape index (κ1) is 13.9. The van der Waals surface area contributed by atoms with Crippen LogP contribution in [-0.4, -0.2) is 33.1 Å². The zero-order valence-electron chi connectivity index (χ0n) is 11.4. The molecule has 0 spiro atoms. The fraction of sp³-hybridized carbons (Fsp3) is 0.692. The molecule has 1 fully saturated rings. The molecule has 19 heavy (non-hydrogen) atoms. The molecule has 0 bridgehead atoms. The molecule has 0 atom stereocenters.